The Morgan fingerprint density at radius 1 is 0.261 bits per heavy atom. The third-order valence-electron chi connectivity index (χ3n) is 11.8. The fourth-order valence-corrected chi connectivity index (χ4v) is 7.66. The maximum Gasteiger partial charge on any atom is 0.209 e. The molecule has 0 saturated heterocycles. The Bertz CT molecular complexity index is 749. The minimum Gasteiger partial charge on any atom is -2.00 e. The molecule has 92 heavy (non-hydrogen) atoms. The Morgan fingerprint density at radius 3 is 0.413 bits per heavy atom. The van der Waals surface area contributed by atoms with Crippen molar-refractivity contribution in [1.82, 2.24) is 9.80 Å². The Kier molecular flexibility index (Phi) is 575. The molecular weight excluding hydrogens is 1900 g/mol. The second-order valence-electron chi connectivity index (χ2n) is 18.4. The van der Waals surface area contributed by atoms with Crippen molar-refractivity contribution in [1.29, 1.82) is 0 Å². The topological polar surface area (TPSA) is 837 Å². The monoisotopic (exact) mass is 2030 g/mol. The number of quaternary nitrogens is 4. The van der Waals surface area contributed by atoms with Crippen molar-refractivity contribution in [3.63, 3.8) is 0 Å². The van der Waals surface area contributed by atoms with Crippen molar-refractivity contribution in [3.05, 3.63) is 0 Å². The first kappa shape index (κ1) is 258. The van der Waals surface area contributed by atoms with Crippen LogP contribution in [0.25, 0.3) is 0 Å². The number of hydrogen-bond acceptors (Lipinski definition) is 2. The summed E-state index contributed by atoms with van der Waals surface area (Å²) in [6.45, 7) is 30.0. The second-order valence-corrected chi connectivity index (χ2v) is 18.4. The zero-order valence-corrected chi connectivity index (χ0v) is 72.3. The first-order valence-corrected chi connectivity index (χ1v) is 25.4. The number of carbonyl (C=O) groups excluding carboxylic acids is 2. The number of carbonyl (C=O) groups is 2. The van der Waals surface area contributed by atoms with Crippen molar-refractivity contribution in [2.75, 3.05) is 80.5 Å². The van der Waals surface area contributed by atoms with Gasteiger partial charge in [0.1, 0.15) is 0 Å². The Morgan fingerprint density at radius 2 is 0.359 bits per heavy atom. The van der Waals surface area contributed by atoms with Gasteiger partial charge in [0.15, 0.2) is 0 Å². The first-order valence-electron chi connectivity index (χ1n) is 25.4. The van der Waals surface area contributed by atoms with E-state index in [-0.39, 0.29) is 311 Å². The molecule has 2 saturated carbocycles. The number of amides is 2. The van der Waals surface area contributed by atoms with Gasteiger partial charge in [0.2, 0.25) is 12.8 Å². The predicted molar refractivity (Wildman–Crippen MR) is 276 cm³/mol. The normalized spacial score (nSPS) is 9.02. The SMILES string of the molecule is CCCC[N+](CCCC)(CCCC)CCCC.CCCC[N+](CCCC)(CCCC)CCCC.CN(C)C=O.CN(C)C=O.[Mo].[Mo].[Mo].[Mo].[Mo].[Mo].[Mo].[Mo].[NH3+]C1CCCCC1.[NH3+]C1CCCCC1.[O-2].[O-2].[O-2].[O-2].[O-2].[O-2].[O-2].[O-2].[O-2].[O-2].[O-2].[O-2].[O-2].[O-2].[O-2].[O-2].[O-2].[O-2].[O-2].[O-2].[O-2].[O-2].[O-2].[O-2].[O-2].[O-2]. The van der Waals surface area contributed by atoms with E-state index >= 15 is 0 Å². The molecule has 34 nitrogen and oxygen atoms in total. The van der Waals surface area contributed by atoms with Crippen molar-refractivity contribution in [2.45, 2.75) is 234 Å². The molecule has 0 bridgehead atoms. The number of rotatable bonds is 26. The molecule has 0 heterocycles. The molecule has 0 aliphatic heterocycles. The largest absolute Gasteiger partial charge is 2.00 e. The van der Waals surface area contributed by atoms with Gasteiger partial charge in [-0.05, 0) is 103 Å². The maximum atomic E-state index is 9.43. The van der Waals surface area contributed by atoms with Crippen LogP contribution in [0.4, 0.5) is 0 Å². The van der Waals surface area contributed by atoms with E-state index in [1.807, 2.05) is 0 Å². The minimum absolute atomic E-state index is 0. The summed E-state index contributed by atoms with van der Waals surface area (Å²) in [5, 5.41) is 0. The molecule has 0 spiro atoms. The van der Waals surface area contributed by atoms with Gasteiger partial charge in [0, 0.05) is 197 Å². The van der Waals surface area contributed by atoms with E-state index in [1.54, 1.807) is 28.2 Å². The van der Waals surface area contributed by atoms with E-state index in [4.69, 9.17) is 0 Å². The fourth-order valence-electron chi connectivity index (χ4n) is 7.66. The molecule has 42 heteroatoms. The van der Waals surface area contributed by atoms with Crippen LogP contribution in [0, 0.1) is 0 Å². The molecule has 0 radical (unpaired) electrons. The zero-order valence-electron chi connectivity index (χ0n) is 56.3. The van der Waals surface area contributed by atoms with E-state index < -0.39 is 0 Å². The van der Waals surface area contributed by atoms with E-state index in [9.17, 15) is 9.59 Å². The van der Waals surface area contributed by atoms with Crippen LogP contribution in [0.3, 0.4) is 0 Å². The minimum atomic E-state index is 0. The van der Waals surface area contributed by atoms with E-state index in [2.05, 4.69) is 66.9 Å². The molecule has 6 N–H and O–H groups in total. The number of unbranched alkanes of at least 4 members (excludes halogenated alkanes) is 8. The summed E-state index contributed by atoms with van der Waals surface area (Å²) in [7, 11) is 6.75. The second kappa shape index (κ2) is 205. The molecule has 0 aromatic heterocycles. The number of nitrogens with zero attached hydrogens (tertiary/aromatic N) is 4. The maximum absolute atomic E-state index is 9.43. The predicted octanol–water partition coefficient (Wildman–Crippen LogP) is 7.43. The van der Waals surface area contributed by atoms with Crippen LogP contribution in [0.5, 0.6) is 0 Å². The molecule has 608 valence electrons. The van der Waals surface area contributed by atoms with Gasteiger partial charge < -0.3 is 173 Å². The summed E-state index contributed by atoms with van der Waals surface area (Å²) >= 11 is 0. The first-order chi connectivity index (χ1) is 27.8. The molecule has 0 aromatic rings. The molecule has 0 aromatic carbocycles. The van der Waals surface area contributed by atoms with E-state index in [0.29, 0.717) is 0 Å². The zero-order chi connectivity index (χ0) is 44.8. The summed E-state index contributed by atoms with van der Waals surface area (Å²) < 4.78 is 2.84. The van der Waals surface area contributed by atoms with Crippen LogP contribution in [0.1, 0.15) is 222 Å². The smallest absolute Gasteiger partial charge is 0.209 e. The molecule has 2 amide bonds. The molecule has 2 aliphatic carbocycles. The van der Waals surface area contributed by atoms with Gasteiger partial charge in [-0.2, -0.15) is 0 Å². The summed E-state index contributed by atoms with van der Waals surface area (Å²) in [4.78, 5) is 21.8. The summed E-state index contributed by atoms with van der Waals surface area (Å²) in [6, 6.07) is 1.57. The Hall–Kier alpha value is 3.25. The van der Waals surface area contributed by atoms with Crippen molar-refractivity contribution >= 4 is 12.8 Å². The Labute approximate surface area is 672 Å². The van der Waals surface area contributed by atoms with Gasteiger partial charge in [-0.25, -0.2) is 0 Å². The molecule has 2 fully saturated rings. The molecule has 0 unspecified atom stereocenters. The standard InChI is InChI=1S/2C16H36N.2C6H13N.2C3H7NO.8Mo.26O/c2*1-5-9-13-17(14-10-6-2,15-11-7-3)16-12-8-4;2*7-6-4-2-1-3-5-6;2*1-4(2)3-5;;;;;;;;;;;;;;;;;;;;;;;;;;;;;;;;;;/h2*5-16H2,1-4H3;2*6H,1-5,7H2;2*3H,1-2H3;;;;;;;;;;;;;;;;;;;;;;;;;;;;;;;;;;/q2*+1;;;;;;;;;;;;;26*-2/p+2. The van der Waals surface area contributed by atoms with E-state index in [1.165, 1.54) is 238 Å². The molecular formula is C50H114Mo8N6O28-48. The fraction of sp³-hybridized carbons (Fsp3) is 0.960. The van der Waals surface area contributed by atoms with Gasteiger partial charge in [-0.3, -0.25) is 9.59 Å². The quantitative estimate of drug-likeness (QED) is 0.0507. The molecule has 2 rings (SSSR count). The van der Waals surface area contributed by atoms with Crippen LogP contribution in [-0.2, 0) is 320 Å². The van der Waals surface area contributed by atoms with Crippen LogP contribution < -0.4 is 11.5 Å². The van der Waals surface area contributed by atoms with Crippen LogP contribution in [-0.4, -0.2) is 124 Å². The average Bonchev–Trinajstić information content (AvgIpc) is 3.24. The van der Waals surface area contributed by atoms with Gasteiger partial charge in [0.25, 0.3) is 0 Å². The summed E-state index contributed by atoms with van der Waals surface area (Å²) in [5.74, 6) is 0. The Balaban J connectivity index is -0.0000000102. The van der Waals surface area contributed by atoms with Crippen LogP contribution >= 0.6 is 0 Å². The molecule has 0 atom stereocenters. The average molecular weight is 2010 g/mol. The van der Waals surface area contributed by atoms with Crippen molar-refractivity contribution in [3.8, 4) is 0 Å². The van der Waals surface area contributed by atoms with Crippen molar-refractivity contribution < 1.29 is 341 Å². The van der Waals surface area contributed by atoms with Gasteiger partial charge >= 0.3 is 0 Å². The van der Waals surface area contributed by atoms with Crippen LogP contribution in [0.15, 0.2) is 0 Å². The van der Waals surface area contributed by atoms with Crippen molar-refractivity contribution in [2.24, 2.45) is 0 Å². The third-order valence-corrected chi connectivity index (χ3v) is 11.8. The summed E-state index contributed by atoms with van der Waals surface area (Å²) in [5.41, 5.74) is 8.00. The van der Waals surface area contributed by atoms with Gasteiger partial charge in [-0.1, -0.05) is 120 Å². The van der Waals surface area contributed by atoms with Gasteiger partial charge in [0.05, 0.1) is 64.4 Å². The van der Waals surface area contributed by atoms with Crippen LogP contribution in [0.2, 0.25) is 0 Å². The summed E-state index contributed by atoms with van der Waals surface area (Å²) in [6.07, 6.45) is 37.7. The van der Waals surface area contributed by atoms with E-state index in [0.717, 1.165) is 24.9 Å². The third kappa shape index (κ3) is 198. The number of hydrogen-bond donors (Lipinski definition) is 2. The molecule has 2 aliphatic rings. The van der Waals surface area contributed by atoms with Gasteiger partial charge in [-0.15, -0.1) is 0 Å².